The Kier molecular flexibility index (Phi) is 5.12. The van der Waals surface area contributed by atoms with E-state index >= 15 is 0 Å². The second-order valence-corrected chi connectivity index (χ2v) is 5.36. The summed E-state index contributed by atoms with van der Waals surface area (Å²) in [5, 5.41) is 10.3. The van der Waals surface area contributed by atoms with Crippen molar-refractivity contribution in [2.24, 2.45) is 0 Å². The molecule has 0 aliphatic carbocycles. The Morgan fingerprint density at radius 2 is 2.25 bits per heavy atom. The Morgan fingerprint density at radius 3 is 2.95 bits per heavy atom. The third kappa shape index (κ3) is 3.81. The molecule has 0 spiro atoms. The van der Waals surface area contributed by atoms with Crippen molar-refractivity contribution < 1.29 is 4.79 Å². The fourth-order valence-electron chi connectivity index (χ4n) is 1.77. The van der Waals surface area contributed by atoms with Gasteiger partial charge in [0.25, 0.3) is 5.91 Å². The van der Waals surface area contributed by atoms with Crippen molar-refractivity contribution in [3.63, 3.8) is 0 Å². The van der Waals surface area contributed by atoms with Gasteiger partial charge in [-0.1, -0.05) is 6.92 Å². The average Bonchev–Trinajstić information content (AvgIpc) is 2.88. The highest BCUT2D eigenvalue weighted by Crippen LogP contribution is 2.13. The molecule has 0 aliphatic rings. The first-order chi connectivity index (χ1) is 9.70. The van der Waals surface area contributed by atoms with Crippen LogP contribution in [0.25, 0.3) is 0 Å². The first-order valence-electron chi connectivity index (χ1n) is 6.70. The molecule has 2 N–H and O–H groups in total. The van der Waals surface area contributed by atoms with Gasteiger partial charge in [-0.2, -0.15) is 11.3 Å². The molecule has 0 atom stereocenters. The number of rotatable bonds is 6. The van der Waals surface area contributed by atoms with Gasteiger partial charge in [0.1, 0.15) is 5.82 Å². The second kappa shape index (κ2) is 7.05. The van der Waals surface area contributed by atoms with E-state index in [-0.39, 0.29) is 5.91 Å². The smallest absolute Gasteiger partial charge is 0.251 e. The summed E-state index contributed by atoms with van der Waals surface area (Å²) in [5.41, 5.74) is 3.02. The highest BCUT2D eigenvalue weighted by molar-refractivity contribution is 7.08. The lowest BCUT2D eigenvalue weighted by Crippen LogP contribution is -2.23. The summed E-state index contributed by atoms with van der Waals surface area (Å²) in [4.78, 5) is 16.3. The molecule has 1 amide bonds. The fraction of sp³-hybridized carbons (Fsp3) is 0.333. The number of aryl methyl sites for hydroxylation is 1. The maximum Gasteiger partial charge on any atom is 0.251 e. The highest BCUT2D eigenvalue weighted by Gasteiger charge is 2.07. The van der Waals surface area contributed by atoms with Crippen LogP contribution in [0.2, 0.25) is 0 Å². The maximum absolute atomic E-state index is 12.1. The zero-order valence-corrected chi connectivity index (χ0v) is 12.6. The Bertz CT molecular complexity index is 580. The Balaban J connectivity index is 1.96. The van der Waals surface area contributed by atoms with Crippen LogP contribution < -0.4 is 10.6 Å². The van der Waals surface area contributed by atoms with Crippen LogP contribution in [0, 0.1) is 6.92 Å². The number of amides is 1. The lowest BCUT2D eigenvalue weighted by atomic mass is 10.2. The second-order valence-electron chi connectivity index (χ2n) is 4.62. The Labute approximate surface area is 123 Å². The van der Waals surface area contributed by atoms with Gasteiger partial charge in [-0.25, -0.2) is 4.98 Å². The molecule has 0 radical (unpaired) electrons. The molecule has 5 heteroatoms. The van der Waals surface area contributed by atoms with E-state index in [0.29, 0.717) is 12.1 Å². The first kappa shape index (κ1) is 14.5. The van der Waals surface area contributed by atoms with Gasteiger partial charge in [-0.3, -0.25) is 4.79 Å². The van der Waals surface area contributed by atoms with E-state index in [2.05, 4.69) is 40.2 Å². The third-order valence-electron chi connectivity index (χ3n) is 2.98. The van der Waals surface area contributed by atoms with Crippen molar-refractivity contribution >= 4 is 23.1 Å². The standard InChI is InChI=1S/C15H19N3OS/c1-3-5-16-14-7-12(4-6-17-14)15(19)18-8-13-10-20-9-11(13)2/h4,6-7,9-10H,3,5,8H2,1-2H3,(H,16,17)(H,18,19). The van der Waals surface area contributed by atoms with Gasteiger partial charge in [-0.05, 0) is 47.4 Å². The topological polar surface area (TPSA) is 54.0 Å². The van der Waals surface area contributed by atoms with Gasteiger partial charge < -0.3 is 10.6 Å². The van der Waals surface area contributed by atoms with E-state index < -0.39 is 0 Å². The molecule has 2 aromatic heterocycles. The summed E-state index contributed by atoms with van der Waals surface area (Å²) in [6.45, 7) is 5.56. The van der Waals surface area contributed by atoms with Crippen LogP contribution in [0.15, 0.2) is 29.1 Å². The number of thiophene rings is 1. The largest absolute Gasteiger partial charge is 0.370 e. The zero-order chi connectivity index (χ0) is 14.4. The molecule has 2 aromatic rings. The molecule has 0 unspecified atom stereocenters. The monoisotopic (exact) mass is 289 g/mol. The average molecular weight is 289 g/mol. The summed E-state index contributed by atoms with van der Waals surface area (Å²) in [6.07, 6.45) is 2.68. The van der Waals surface area contributed by atoms with E-state index in [9.17, 15) is 4.79 Å². The number of nitrogens with one attached hydrogen (secondary N) is 2. The molecule has 20 heavy (non-hydrogen) atoms. The van der Waals surface area contributed by atoms with Crippen LogP contribution in [0.4, 0.5) is 5.82 Å². The van der Waals surface area contributed by atoms with Crippen molar-refractivity contribution in [2.45, 2.75) is 26.8 Å². The van der Waals surface area contributed by atoms with E-state index in [4.69, 9.17) is 0 Å². The lowest BCUT2D eigenvalue weighted by molar-refractivity contribution is 0.0951. The molecule has 0 aliphatic heterocycles. The van der Waals surface area contributed by atoms with Gasteiger partial charge >= 0.3 is 0 Å². The zero-order valence-electron chi connectivity index (χ0n) is 11.8. The Morgan fingerprint density at radius 1 is 1.40 bits per heavy atom. The van der Waals surface area contributed by atoms with E-state index in [0.717, 1.165) is 18.8 Å². The van der Waals surface area contributed by atoms with Crippen molar-refractivity contribution in [3.05, 3.63) is 45.8 Å². The number of carbonyl (C=O) groups excluding carboxylic acids is 1. The first-order valence-corrected chi connectivity index (χ1v) is 7.64. The minimum Gasteiger partial charge on any atom is -0.370 e. The van der Waals surface area contributed by atoms with E-state index in [1.165, 1.54) is 11.1 Å². The minimum absolute atomic E-state index is 0.0717. The summed E-state index contributed by atoms with van der Waals surface area (Å²) < 4.78 is 0. The lowest BCUT2D eigenvalue weighted by Gasteiger charge is -2.07. The third-order valence-corrected chi connectivity index (χ3v) is 3.89. The number of hydrogen-bond acceptors (Lipinski definition) is 4. The van der Waals surface area contributed by atoms with E-state index in [1.807, 2.05) is 0 Å². The van der Waals surface area contributed by atoms with Crippen LogP contribution in [0.5, 0.6) is 0 Å². The van der Waals surface area contributed by atoms with Crippen LogP contribution in [-0.4, -0.2) is 17.4 Å². The number of hydrogen-bond donors (Lipinski definition) is 2. The molecule has 0 saturated carbocycles. The van der Waals surface area contributed by atoms with Gasteiger partial charge in [0, 0.05) is 24.8 Å². The molecule has 0 saturated heterocycles. The van der Waals surface area contributed by atoms with Gasteiger partial charge in [-0.15, -0.1) is 0 Å². The van der Waals surface area contributed by atoms with E-state index in [1.54, 1.807) is 29.7 Å². The van der Waals surface area contributed by atoms with Crippen molar-refractivity contribution in [2.75, 3.05) is 11.9 Å². The fourth-order valence-corrected chi connectivity index (χ4v) is 2.62. The molecular formula is C15H19N3OS. The molecule has 4 nitrogen and oxygen atoms in total. The normalized spacial score (nSPS) is 10.3. The predicted molar refractivity (Wildman–Crippen MR) is 83.2 cm³/mol. The predicted octanol–water partition coefficient (Wildman–Crippen LogP) is 3.20. The molecule has 106 valence electrons. The van der Waals surface area contributed by atoms with Crippen LogP contribution in [-0.2, 0) is 6.54 Å². The highest BCUT2D eigenvalue weighted by atomic mass is 32.1. The van der Waals surface area contributed by atoms with Crippen LogP contribution >= 0.6 is 11.3 Å². The number of aromatic nitrogens is 1. The maximum atomic E-state index is 12.1. The summed E-state index contributed by atoms with van der Waals surface area (Å²) in [5.74, 6) is 0.670. The molecule has 2 rings (SSSR count). The quantitative estimate of drug-likeness (QED) is 0.858. The van der Waals surface area contributed by atoms with Crippen LogP contribution in [0.3, 0.4) is 0 Å². The molecule has 0 fully saturated rings. The number of carbonyl (C=O) groups is 1. The van der Waals surface area contributed by atoms with Crippen LogP contribution in [0.1, 0.15) is 34.8 Å². The molecule has 0 bridgehead atoms. The van der Waals surface area contributed by atoms with Gasteiger partial charge in [0.15, 0.2) is 0 Å². The minimum atomic E-state index is -0.0717. The number of nitrogens with zero attached hydrogens (tertiary/aromatic N) is 1. The summed E-state index contributed by atoms with van der Waals surface area (Å²) in [7, 11) is 0. The molecule has 0 aromatic carbocycles. The number of anilines is 1. The van der Waals surface area contributed by atoms with Crippen molar-refractivity contribution in [1.82, 2.24) is 10.3 Å². The SMILES string of the molecule is CCCNc1cc(C(=O)NCc2cscc2C)ccn1. The summed E-state index contributed by atoms with van der Waals surface area (Å²) >= 11 is 1.65. The number of pyridine rings is 1. The van der Waals surface area contributed by atoms with Gasteiger partial charge in [0.2, 0.25) is 0 Å². The van der Waals surface area contributed by atoms with Crippen molar-refractivity contribution in [3.8, 4) is 0 Å². The molecule has 2 heterocycles. The Hall–Kier alpha value is -1.88. The summed E-state index contributed by atoms with van der Waals surface area (Å²) in [6, 6.07) is 3.51. The van der Waals surface area contributed by atoms with Gasteiger partial charge in [0.05, 0.1) is 0 Å². The van der Waals surface area contributed by atoms with Crippen molar-refractivity contribution in [1.29, 1.82) is 0 Å². The molecular weight excluding hydrogens is 270 g/mol.